The van der Waals surface area contributed by atoms with Crippen LogP contribution >= 0.6 is 0 Å². The predicted molar refractivity (Wildman–Crippen MR) is 70.2 cm³/mol. The summed E-state index contributed by atoms with van der Waals surface area (Å²) in [6.07, 6.45) is 1.24. The van der Waals surface area contributed by atoms with Crippen LogP contribution in [0.1, 0.15) is 30.6 Å². The third-order valence-electron chi connectivity index (χ3n) is 3.71. The van der Waals surface area contributed by atoms with E-state index in [1.54, 1.807) is 0 Å². The quantitative estimate of drug-likeness (QED) is 0.743. The van der Waals surface area contributed by atoms with E-state index in [-0.39, 0.29) is 5.78 Å². The summed E-state index contributed by atoms with van der Waals surface area (Å²) in [4.78, 5) is 14.3. The highest BCUT2D eigenvalue weighted by molar-refractivity contribution is 5.97. The average Bonchev–Trinajstić information content (AvgIpc) is 2.79. The van der Waals surface area contributed by atoms with Crippen LogP contribution in [0.3, 0.4) is 0 Å². The number of likely N-dealkylation sites (tertiary alicyclic amines) is 1. The molecule has 0 radical (unpaired) electrons. The van der Waals surface area contributed by atoms with Crippen molar-refractivity contribution in [2.45, 2.75) is 20.3 Å². The normalized spacial score (nSPS) is 21.0. The highest BCUT2D eigenvalue weighted by Gasteiger charge is 2.26. The molecular formula is C15H21NO. The van der Waals surface area contributed by atoms with Crippen molar-refractivity contribution in [3.05, 3.63) is 35.9 Å². The molecular weight excluding hydrogens is 210 g/mol. The van der Waals surface area contributed by atoms with Gasteiger partial charge in [-0.25, -0.2) is 0 Å². The standard InChI is InChI=1S/C15H21NO/c1-12(2)14-8-9-16(10-14)11-15(17)13-6-4-3-5-7-13/h3-7,12,14H,8-11H2,1-2H3. The van der Waals surface area contributed by atoms with Gasteiger partial charge in [-0.05, 0) is 24.8 Å². The van der Waals surface area contributed by atoms with E-state index in [9.17, 15) is 4.79 Å². The number of nitrogens with zero attached hydrogens (tertiary/aromatic N) is 1. The Labute approximate surface area is 104 Å². The molecule has 0 N–H and O–H groups in total. The summed E-state index contributed by atoms with van der Waals surface area (Å²) in [5.41, 5.74) is 0.834. The molecule has 1 saturated heterocycles. The number of benzene rings is 1. The Balaban J connectivity index is 1.89. The Hall–Kier alpha value is -1.15. The smallest absolute Gasteiger partial charge is 0.176 e. The number of carbonyl (C=O) groups is 1. The van der Waals surface area contributed by atoms with Crippen LogP contribution < -0.4 is 0 Å². The highest BCUT2D eigenvalue weighted by Crippen LogP contribution is 2.23. The van der Waals surface area contributed by atoms with E-state index in [0.29, 0.717) is 6.54 Å². The maximum Gasteiger partial charge on any atom is 0.176 e. The van der Waals surface area contributed by atoms with E-state index in [0.717, 1.165) is 30.5 Å². The first-order chi connectivity index (χ1) is 8.16. The summed E-state index contributed by atoms with van der Waals surface area (Å²) < 4.78 is 0. The Bertz CT molecular complexity index is 372. The fraction of sp³-hybridized carbons (Fsp3) is 0.533. The first-order valence-electron chi connectivity index (χ1n) is 6.47. The lowest BCUT2D eigenvalue weighted by atomic mass is 9.95. The van der Waals surface area contributed by atoms with Crippen molar-refractivity contribution in [1.29, 1.82) is 0 Å². The second kappa shape index (κ2) is 5.46. The van der Waals surface area contributed by atoms with Crippen molar-refractivity contribution < 1.29 is 4.79 Å². The van der Waals surface area contributed by atoms with Crippen molar-refractivity contribution >= 4 is 5.78 Å². The second-order valence-electron chi connectivity index (χ2n) is 5.32. The number of rotatable bonds is 4. The molecule has 92 valence electrons. The maximum absolute atomic E-state index is 12.0. The van der Waals surface area contributed by atoms with Crippen LogP contribution in [0.15, 0.2) is 30.3 Å². The second-order valence-corrected chi connectivity index (χ2v) is 5.32. The zero-order valence-corrected chi connectivity index (χ0v) is 10.7. The number of Topliss-reactive ketones (excluding diaryl/α,β-unsaturated/α-hetero) is 1. The lowest BCUT2D eigenvalue weighted by Gasteiger charge is -2.17. The highest BCUT2D eigenvalue weighted by atomic mass is 16.1. The van der Waals surface area contributed by atoms with Crippen LogP contribution in [-0.2, 0) is 0 Å². The molecule has 1 heterocycles. The number of carbonyl (C=O) groups excluding carboxylic acids is 1. The van der Waals surface area contributed by atoms with Crippen LogP contribution in [0.5, 0.6) is 0 Å². The molecule has 0 aliphatic carbocycles. The topological polar surface area (TPSA) is 20.3 Å². The molecule has 0 aromatic heterocycles. The monoisotopic (exact) mass is 231 g/mol. The Morgan fingerprint density at radius 2 is 2.06 bits per heavy atom. The maximum atomic E-state index is 12.0. The minimum Gasteiger partial charge on any atom is -0.296 e. The third-order valence-corrected chi connectivity index (χ3v) is 3.71. The molecule has 1 unspecified atom stereocenters. The summed E-state index contributed by atoms with van der Waals surface area (Å²) in [5.74, 6) is 1.74. The molecule has 1 aromatic carbocycles. The number of ketones is 1. The summed E-state index contributed by atoms with van der Waals surface area (Å²) in [6, 6.07) is 9.60. The molecule has 2 heteroatoms. The van der Waals surface area contributed by atoms with Crippen molar-refractivity contribution in [3.63, 3.8) is 0 Å². The van der Waals surface area contributed by atoms with E-state index in [1.165, 1.54) is 6.42 Å². The van der Waals surface area contributed by atoms with Gasteiger partial charge in [-0.1, -0.05) is 44.2 Å². The molecule has 1 atom stereocenters. The van der Waals surface area contributed by atoms with Crippen LogP contribution in [-0.4, -0.2) is 30.3 Å². The number of hydrogen-bond acceptors (Lipinski definition) is 2. The molecule has 1 aliphatic rings. The van der Waals surface area contributed by atoms with Crippen molar-refractivity contribution in [2.24, 2.45) is 11.8 Å². The number of hydrogen-bond donors (Lipinski definition) is 0. The van der Waals surface area contributed by atoms with E-state index in [4.69, 9.17) is 0 Å². The third kappa shape index (κ3) is 3.16. The molecule has 0 amide bonds. The first-order valence-corrected chi connectivity index (χ1v) is 6.47. The van der Waals surface area contributed by atoms with Gasteiger partial charge in [-0.2, -0.15) is 0 Å². The van der Waals surface area contributed by atoms with Gasteiger partial charge < -0.3 is 0 Å². The van der Waals surface area contributed by atoms with Crippen LogP contribution in [0, 0.1) is 11.8 Å². The summed E-state index contributed by atoms with van der Waals surface area (Å²) >= 11 is 0. The van der Waals surface area contributed by atoms with Crippen LogP contribution in [0.4, 0.5) is 0 Å². The van der Waals surface area contributed by atoms with Crippen LogP contribution in [0.2, 0.25) is 0 Å². The molecule has 0 bridgehead atoms. The van der Waals surface area contributed by atoms with E-state index in [1.807, 2.05) is 30.3 Å². The molecule has 2 rings (SSSR count). The molecule has 0 spiro atoms. The lowest BCUT2D eigenvalue weighted by molar-refractivity contribution is 0.0942. The SMILES string of the molecule is CC(C)C1CCN(CC(=O)c2ccccc2)C1. The molecule has 0 saturated carbocycles. The minimum atomic E-state index is 0.245. The molecule has 1 aromatic rings. The first kappa shape index (κ1) is 12.3. The average molecular weight is 231 g/mol. The molecule has 1 aliphatic heterocycles. The predicted octanol–water partition coefficient (Wildman–Crippen LogP) is 2.85. The van der Waals surface area contributed by atoms with Crippen LogP contribution in [0.25, 0.3) is 0 Å². The van der Waals surface area contributed by atoms with Gasteiger partial charge in [0, 0.05) is 12.1 Å². The van der Waals surface area contributed by atoms with Gasteiger partial charge in [0.2, 0.25) is 0 Å². The molecule has 1 fully saturated rings. The van der Waals surface area contributed by atoms with Gasteiger partial charge in [-0.3, -0.25) is 9.69 Å². The summed E-state index contributed by atoms with van der Waals surface area (Å²) in [6.45, 7) is 7.27. The van der Waals surface area contributed by atoms with Gasteiger partial charge in [0.1, 0.15) is 0 Å². The van der Waals surface area contributed by atoms with E-state index < -0.39 is 0 Å². The van der Waals surface area contributed by atoms with Gasteiger partial charge in [0.25, 0.3) is 0 Å². The Kier molecular flexibility index (Phi) is 3.95. The molecule has 17 heavy (non-hydrogen) atoms. The van der Waals surface area contributed by atoms with Gasteiger partial charge in [0.05, 0.1) is 6.54 Å². The summed E-state index contributed by atoms with van der Waals surface area (Å²) in [5, 5.41) is 0. The van der Waals surface area contributed by atoms with Crippen molar-refractivity contribution in [1.82, 2.24) is 4.90 Å². The van der Waals surface area contributed by atoms with Gasteiger partial charge >= 0.3 is 0 Å². The minimum absolute atomic E-state index is 0.245. The van der Waals surface area contributed by atoms with Crippen molar-refractivity contribution in [2.75, 3.05) is 19.6 Å². The Morgan fingerprint density at radius 3 is 2.65 bits per heavy atom. The Morgan fingerprint density at radius 1 is 1.35 bits per heavy atom. The largest absolute Gasteiger partial charge is 0.296 e. The van der Waals surface area contributed by atoms with Gasteiger partial charge in [-0.15, -0.1) is 0 Å². The zero-order valence-electron chi connectivity index (χ0n) is 10.7. The fourth-order valence-electron chi connectivity index (χ4n) is 2.47. The van der Waals surface area contributed by atoms with Gasteiger partial charge in [0.15, 0.2) is 5.78 Å². The zero-order chi connectivity index (χ0) is 12.3. The van der Waals surface area contributed by atoms with E-state index >= 15 is 0 Å². The molecule has 2 nitrogen and oxygen atoms in total. The van der Waals surface area contributed by atoms with Crippen molar-refractivity contribution in [3.8, 4) is 0 Å². The summed E-state index contributed by atoms with van der Waals surface area (Å²) in [7, 11) is 0. The van der Waals surface area contributed by atoms with E-state index in [2.05, 4.69) is 18.7 Å². The lowest BCUT2D eigenvalue weighted by Crippen LogP contribution is -2.28. The fourth-order valence-corrected chi connectivity index (χ4v) is 2.47.